The van der Waals surface area contributed by atoms with Crippen LogP contribution in [0.3, 0.4) is 0 Å². The summed E-state index contributed by atoms with van der Waals surface area (Å²) >= 11 is 6.24. The van der Waals surface area contributed by atoms with Gasteiger partial charge in [0.2, 0.25) is 5.95 Å². The Kier molecular flexibility index (Phi) is 5.97. The SMILES string of the molecule is N#Cc1cnc(N)nc1N1CCC[C@H]1c1nn2ccc(Cl)c2c(=O)n1-c1cccc(F)c1.S. The summed E-state index contributed by atoms with van der Waals surface area (Å²) in [5.74, 6) is 0.292. The summed E-state index contributed by atoms with van der Waals surface area (Å²) in [5, 5.41) is 14.5. The quantitative estimate of drug-likeness (QED) is 0.474. The van der Waals surface area contributed by atoms with E-state index in [0.717, 1.165) is 6.42 Å². The van der Waals surface area contributed by atoms with Gasteiger partial charge < -0.3 is 10.6 Å². The second-order valence-corrected chi connectivity index (χ2v) is 7.77. The second-order valence-electron chi connectivity index (χ2n) is 7.36. The highest BCUT2D eigenvalue weighted by Crippen LogP contribution is 2.36. The Morgan fingerprint density at radius 1 is 1.30 bits per heavy atom. The summed E-state index contributed by atoms with van der Waals surface area (Å²) in [7, 11) is 0. The highest BCUT2D eigenvalue weighted by Gasteiger charge is 2.34. The molecule has 3 aromatic heterocycles. The van der Waals surface area contributed by atoms with Crippen LogP contribution in [-0.4, -0.2) is 30.7 Å². The number of hydrogen-bond donors (Lipinski definition) is 1. The second kappa shape index (κ2) is 8.73. The van der Waals surface area contributed by atoms with Crippen molar-refractivity contribution >= 4 is 42.4 Å². The summed E-state index contributed by atoms with van der Waals surface area (Å²) in [6.45, 7) is 0.569. The van der Waals surface area contributed by atoms with Crippen LogP contribution in [0.1, 0.15) is 30.3 Å². The average molecular weight is 485 g/mol. The zero-order valence-electron chi connectivity index (χ0n) is 17.1. The predicted octanol–water partition coefficient (Wildman–Crippen LogP) is 2.98. The third-order valence-electron chi connectivity index (χ3n) is 5.46. The van der Waals surface area contributed by atoms with Gasteiger partial charge in [0.25, 0.3) is 5.56 Å². The van der Waals surface area contributed by atoms with Gasteiger partial charge in [0.15, 0.2) is 11.6 Å². The lowest BCUT2D eigenvalue weighted by Gasteiger charge is -2.27. The van der Waals surface area contributed by atoms with Gasteiger partial charge in [-0.25, -0.2) is 13.9 Å². The van der Waals surface area contributed by atoms with Crippen molar-refractivity contribution in [3.63, 3.8) is 0 Å². The minimum atomic E-state index is -0.486. The Labute approximate surface area is 199 Å². The maximum atomic E-state index is 14.1. The van der Waals surface area contributed by atoms with Gasteiger partial charge in [-0.3, -0.25) is 9.36 Å². The number of fused-ring (bicyclic) bond motifs is 1. The number of anilines is 2. The molecule has 1 aromatic carbocycles. The molecular formula is C21H18ClFN8OS. The Hall–Kier alpha value is -3.62. The number of benzene rings is 1. The molecule has 0 unspecified atom stereocenters. The molecule has 0 bridgehead atoms. The predicted molar refractivity (Wildman–Crippen MR) is 127 cm³/mol. The number of hydrogen-bond acceptors (Lipinski definition) is 7. The molecule has 0 aliphatic carbocycles. The molecule has 1 saturated heterocycles. The smallest absolute Gasteiger partial charge is 0.284 e. The standard InChI is InChI=1S/C21H16ClFN8O.H2S/c22-15-6-8-30-17(15)20(32)31(14-4-1-3-13(23)9-14)19(28-30)16-5-2-7-29(16)18-12(10-24)11-26-21(25)27-18;/h1,3-4,6,8-9,11,16H,2,5,7H2,(H2,25,26,27);1H2/t16-;/m0./s1. The van der Waals surface area contributed by atoms with Gasteiger partial charge in [-0.15, -0.1) is 0 Å². The van der Waals surface area contributed by atoms with Crippen molar-refractivity contribution in [2.45, 2.75) is 18.9 Å². The van der Waals surface area contributed by atoms with Crippen LogP contribution in [0.25, 0.3) is 11.2 Å². The Bertz CT molecular complexity index is 1460. The lowest BCUT2D eigenvalue weighted by atomic mass is 10.1. The molecule has 0 saturated carbocycles. The molecule has 0 radical (unpaired) electrons. The van der Waals surface area contributed by atoms with Crippen molar-refractivity contribution in [1.29, 1.82) is 5.26 Å². The van der Waals surface area contributed by atoms with Crippen LogP contribution in [0.5, 0.6) is 0 Å². The maximum Gasteiger partial charge on any atom is 0.284 e. The largest absolute Gasteiger partial charge is 0.368 e. The van der Waals surface area contributed by atoms with Gasteiger partial charge in [0, 0.05) is 12.7 Å². The van der Waals surface area contributed by atoms with E-state index >= 15 is 0 Å². The number of nitrogens with zero attached hydrogens (tertiary/aromatic N) is 7. The van der Waals surface area contributed by atoms with Gasteiger partial charge in [-0.2, -0.15) is 28.8 Å². The van der Waals surface area contributed by atoms with E-state index in [2.05, 4.69) is 21.1 Å². The molecule has 0 spiro atoms. The molecule has 1 atom stereocenters. The van der Waals surface area contributed by atoms with E-state index in [0.29, 0.717) is 30.3 Å². The van der Waals surface area contributed by atoms with Gasteiger partial charge in [-0.05, 0) is 37.1 Å². The normalized spacial score (nSPS) is 15.4. The van der Waals surface area contributed by atoms with E-state index in [4.69, 9.17) is 17.3 Å². The minimum Gasteiger partial charge on any atom is -0.368 e. The summed E-state index contributed by atoms with van der Waals surface area (Å²) in [6, 6.07) is 8.97. The topological polar surface area (TPSA) is 118 Å². The van der Waals surface area contributed by atoms with Crippen molar-refractivity contribution < 1.29 is 4.39 Å². The number of halogens is 2. The van der Waals surface area contributed by atoms with E-state index in [9.17, 15) is 14.4 Å². The number of rotatable bonds is 3. The zero-order valence-corrected chi connectivity index (χ0v) is 18.9. The first kappa shape index (κ1) is 22.6. The molecule has 168 valence electrons. The number of nitriles is 1. The van der Waals surface area contributed by atoms with Crippen molar-refractivity contribution in [2.24, 2.45) is 0 Å². The third kappa shape index (κ3) is 3.77. The molecule has 1 aliphatic heterocycles. The molecule has 4 heterocycles. The first-order valence-corrected chi connectivity index (χ1v) is 10.2. The van der Waals surface area contributed by atoms with E-state index in [1.54, 1.807) is 18.3 Å². The van der Waals surface area contributed by atoms with Crippen molar-refractivity contribution in [3.05, 3.63) is 75.3 Å². The average Bonchev–Trinajstić information content (AvgIpc) is 3.40. The minimum absolute atomic E-state index is 0. The van der Waals surface area contributed by atoms with E-state index in [1.807, 2.05) is 4.90 Å². The fourth-order valence-corrected chi connectivity index (χ4v) is 4.32. The van der Waals surface area contributed by atoms with E-state index < -0.39 is 17.4 Å². The summed E-state index contributed by atoms with van der Waals surface area (Å²) in [4.78, 5) is 23.6. The summed E-state index contributed by atoms with van der Waals surface area (Å²) < 4.78 is 16.9. The van der Waals surface area contributed by atoms with Gasteiger partial charge >= 0.3 is 0 Å². The Morgan fingerprint density at radius 3 is 2.88 bits per heavy atom. The number of aromatic nitrogens is 5. The van der Waals surface area contributed by atoms with Gasteiger partial charge in [-0.1, -0.05) is 17.7 Å². The monoisotopic (exact) mass is 484 g/mol. The van der Waals surface area contributed by atoms with Crippen molar-refractivity contribution in [1.82, 2.24) is 24.1 Å². The van der Waals surface area contributed by atoms with Crippen LogP contribution < -0.4 is 16.2 Å². The van der Waals surface area contributed by atoms with Crippen molar-refractivity contribution in [3.8, 4) is 11.8 Å². The Morgan fingerprint density at radius 2 is 2.12 bits per heavy atom. The molecule has 5 rings (SSSR count). The lowest BCUT2D eigenvalue weighted by molar-refractivity contribution is 0.595. The van der Waals surface area contributed by atoms with Gasteiger partial charge in [0.05, 0.1) is 22.9 Å². The van der Waals surface area contributed by atoms with Crippen LogP contribution in [0.15, 0.2) is 47.5 Å². The molecule has 33 heavy (non-hydrogen) atoms. The van der Waals surface area contributed by atoms with Crippen LogP contribution in [0, 0.1) is 17.1 Å². The molecule has 12 heteroatoms. The zero-order chi connectivity index (χ0) is 22.4. The Balaban J connectivity index is 0.00000259. The summed E-state index contributed by atoms with van der Waals surface area (Å²) in [5.41, 5.74) is 6.13. The van der Waals surface area contributed by atoms with Crippen LogP contribution in [0.4, 0.5) is 16.2 Å². The first-order chi connectivity index (χ1) is 15.5. The highest BCUT2D eigenvalue weighted by atomic mass is 35.5. The lowest BCUT2D eigenvalue weighted by Crippen LogP contribution is -2.33. The molecule has 2 N–H and O–H groups in total. The van der Waals surface area contributed by atoms with Gasteiger partial charge in [0.1, 0.15) is 23.0 Å². The molecule has 0 amide bonds. The van der Waals surface area contributed by atoms with E-state index in [1.165, 1.54) is 33.5 Å². The number of nitrogen functional groups attached to an aromatic ring is 1. The summed E-state index contributed by atoms with van der Waals surface area (Å²) in [6.07, 6.45) is 4.37. The van der Waals surface area contributed by atoms with Crippen molar-refractivity contribution in [2.75, 3.05) is 17.2 Å². The molecule has 1 fully saturated rings. The molecule has 9 nitrogen and oxygen atoms in total. The van der Waals surface area contributed by atoms with Crippen LogP contribution >= 0.6 is 25.1 Å². The fraction of sp³-hybridized carbons (Fsp3) is 0.190. The van der Waals surface area contributed by atoms with Crippen LogP contribution in [0.2, 0.25) is 5.02 Å². The van der Waals surface area contributed by atoms with Crippen LogP contribution in [-0.2, 0) is 0 Å². The highest BCUT2D eigenvalue weighted by molar-refractivity contribution is 7.59. The third-order valence-corrected chi connectivity index (χ3v) is 5.76. The molecular weight excluding hydrogens is 467 g/mol. The van der Waals surface area contributed by atoms with E-state index in [-0.39, 0.29) is 35.5 Å². The molecule has 1 aliphatic rings. The first-order valence-electron chi connectivity index (χ1n) is 9.83. The molecule has 4 aromatic rings. The number of nitrogens with two attached hydrogens (primary N) is 1. The fourth-order valence-electron chi connectivity index (χ4n) is 4.10. The maximum absolute atomic E-state index is 14.1.